The topological polar surface area (TPSA) is 222 Å². The Morgan fingerprint density at radius 3 is 1.70 bits per heavy atom. The van der Waals surface area contributed by atoms with E-state index in [0.29, 0.717) is 0 Å². The van der Waals surface area contributed by atoms with Crippen LogP contribution in [0.15, 0.2) is 30.3 Å². The Labute approximate surface area is 165 Å². The molecule has 156 valence electrons. The maximum atomic E-state index is 11.6. The molecule has 2 N–H and O–H groups in total. The minimum Gasteiger partial charge on any atom is -0.258 e. The molecule has 0 saturated carbocycles. The van der Waals surface area contributed by atoms with Gasteiger partial charge in [0.15, 0.2) is 9.90 Å². The van der Waals surface area contributed by atoms with Crippen LogP contribution in [0.5, 0.6) is 0 Å². The first-order valence-electron chi connectivity index (χ1n) is 7.78. The highest BCUT2D eigenvalue weighted by atomic mass is 16.7. The van der Waals surface area contributed by atoms with Crippen molar-refractivity contribution in [2.75, 3.05) is 5.01 Å². The summed E-state index contributed by atoms with van der Waals surface area (Å²) in [6.07, 6.45) is 0. The third-order valence-electron chi connectivity index (χ3n) is 3.87. The second kappa shape index (κ2) is 8.09. The molecule has 0 aliphatic carbocycles. The lowest BCUT2D eigenvalue weighted by atomic mass is 10.1. The second-order valence-corrected chi connectivity index (χ2v) is 5.87. The van der Waals surface area contributed by atoms with Gasteiger partial charge in [-0.25, -0.2) is 10.1 Å². The maximum absolute atomic E-state index is 11.6. The molecule has 0 aliphatic rings. The van der Waals surface area contributed by atoms with Crippen molar-refractivity contribution < 1.29 is 24.7 Å². The van der Waals surface area contributed by atoms with E-state index in [2.05, 4.69) is 0 Å². The number of nitro benzene ring substituents is 3. The van der Waals surface area contributed by atoms with Gasteiger partial charge in [-0.15, -0.1) is 0 Å². The Kier molecular flexibility index (Phi) is 5.80. The number of hydrogen-bond acceptors (Lipinski definition) is 9. The number of anilines is 1. The van der Waals surface area contributed by atoms with Gasteiger partial charge in [-0.05, 0) is 24.1 Å². The van der Waals surface area contributed by atoms with Gasteiger partial charge in [-0.1, -0.05) is 5.01 Å². The summed E-state index contributed by atoms with van der Waals surface area (Å²) in [5, 5.41) is 44.4. The lowest BCUT2D eigenvalue weighted by Gasteiger charge is -2.15. The Morgan fingerprint density at radius 1 is 0.800 bits per heavy atom. The molecule has 0 atom stereocenters. The van der Waals surface area contributed by atoms with Crippen LogP contribution in [0.2, 0.25) is 0 Å². The zero-order valence-corrected chi connectivity index (χ0v) is 15.0. The van der Waals surface area contributed by atoms with Crippen molar-refractivity contribution in [1.29, 1.82) is 0 Å². The number of hydrogen-bond donors (Lipinski definition) is 1. The van der Waals surface area contributed by atoms with Gasteiger partial charge < -0.3 is 0 Å². The first-order valence-corrected chi connectivity index (χ1v) is 7.78. The van der Waals surface area contributed by atoms with Crippen molar-refractivity contribution >= 4 is 28.4 Å². The van der Waals surface area contributed by atoms with Crippen molar-refractivity contribution in [2.45, 2.75) is 13.5 Å². The zero-order valence-electron chi connectivity index (χ0n) is 15.0. The molecular weight excluding hydrogens is 410 g/mol. The summed E-state index contributed by atoms with van der Waals surface area (Å²) < 4.78 is 0. The lowest BCUT2D eigenvalue weighted by Crippen LogP contribution is -2.30. The fourth-order valence-electron chi connectivity index (χ4n) is 2.67. The first kappa shape index (κ1) is 21.5. The number of nitroso groups, excluding NO2 is 1. The van der Waals surface area contributed by atoms with Gasteiger partial charge in [0.1, 0.15) is 6.54 Å². The van der Waals surface area contributed by atoms with Gasteiger partial charge in [-0.2, -0.15) is 5.84 Å². The number of nitrogens with zero attached hydrogens (tertiary/aromatic N) is 6. The maximum Gasteiger partial charge on any atom is 0.368 e. The quantitative estimate of drug-likeness (QED) is 0.281. The number of rotatable bonds is 8. The predicted octanol–water partition coefficient (Wildman–Crippen LogP) is 2.20. The normalized spacial score (nSPS) is 10.3. The second-order valence-electron chi connectivity index (χ2n) is 5.87. The van der Waals surface area contributed by atoms with Crippen molar-refractivity contribution in [3.05, 3.63) is 86.8 Å². The number of benzene rings is 2. The van der Waals surface area contributed by atoms with Crippen LogP contribution in [-0.4, -0.2) is 24.7 Å². The Bertz CT molecular complexity index is 1070. The Hall–Kier alpha value is -4.76. The van der Waals surface area contributed by atoms with E-state index in [1.54, 1.807) is 0 Å². The van der Waals surface area contributed by atoms with Crippen LogP contribution in [0.3, 0.4) is 0 Å². The van der Waals surface area contributed by atoms with Crippen LogP contribution in [0.25, 0.3) is 0 Å². The standard InChI is InChI=1S/C14H12N7O9/c1-8-4-12(19(25)26)14(13(5-8)20(27)28)16(21(29)30)7-9-2-3-10(18(23)24)11(6-9)17(15)22/h2-6H,7H2,1H3,(H2,15,22)/q+1. The summed E-state index contributed by atoms with van der Waals surface area (Å²) in [6, 6.07) is 4.64. The summed E-state index contributed by atoms with van der Waals surface area (Å²) in [5.74, 6) is 5.01. The minimum atomic E-state index is -1.11. The molecule has 0 spiro atoms. The molecule has 0 bridgehead atoms. The summed E-state index contributed by atoms with van der Waals surface area (Å²) in [5.41, 5.74) is -3.95. The van der Waals surface area contributed by atoms with Crippen molar-refractivity contribution in [1.82, 2.24) is 0 Å². The fraction of sp³-hybridized carbons (Fsp3) is 0.143. The Balaban J connectivity index is 2.69. The summed E-state index contributed by atoms with van der Waals surface area (Å²) in [4.78, 5) is 53.5. The van der Waals surface area contributed by atoms with Crippen LogP contribution in [-0.2, 0) is 6.54 Å². The molecule has 2 aromatic carbocycles. The highest BCUT2D eigenvalue weighted by Gasteiger charge is 2.37. The van der Waals surface area contributed by atoms with E-state index in [0.717, 1.165) is 30.3 Å². The van der Waals surface area contributed by atoms with E-state index in [1.807, 2.05) is 0 Å². The average Bonchev–Trinajstić information content (AvgIpc) is 2.64. The van der Waals surface area contributed by atoms with Gasteiger partial charge in [0.05, 0.1) is 19.7 Å². The van der Waals surface area contributed by atoms with Crippen molar-refractivity contribution in [3.63, 3.8) is 0 Å². The van der Waals surface area contributed by atoms with Gasteiger partial charge >= 0.3 is 22.7 Å². The molecule has 0 aliphatic heterocycles. The van der Waals surface area contributed by atoms with Gasteiger partial charge in [0, 0.05) is 24.3 Å². The molecule has 16 heteroatoms. The Morgan fingerprint density at radius 2 is 1.30 bits per heavy atom. The lowest BCUT2D eigenvalue weighted by molar-refractivity contribution is -0.499. The van der Waals surface area contributed by atoms with E-state index in [-0.39, 0.29) is 21.0 Å². The molecule has 16 nitrogen and oxygen atoms in total. The highest BCUT2D eigenvalue weighted by molar-refractivity contribution is 5.75. The highest BCUT2D eigenvalue weighted by Crippen LogP contribution is 2.39. The van der Waals surface area contributed by atoms with E-state index >= 15 is 0 Å². The van der Waals surface area contributed by atoms with Crippen LogP contribution >= 0.6 is 0 Å². The summed E-state index contributed by atoms with van der Waals surface area (Å²) >= 11 is 0. The summed E-state index contributed by atoms with van der Waals surface area (Å²) in [7, 11) is 0. The number of aryl methyl sites for hydroxylation is 1. The van der Waals surface area contributed by atoms with E-state index in [9.17, 15) is 45.4 Å². The molecule has 0 unspecified atom stereocenters. The SMILES string of the molecule is Cc1cc([N+](=O)[O-])c(N(Cc2ccc([N+](=O)[O-])c([N+](N)=O)c2)[N+](=O)[O-])c([N+](=O)[O-])c1. The molecular formula is C14H12N7O9+. The van der Waals surface area contributed by atoms with Gasteiger partial charge in [0.2, 0.25) is 0 Å². The third-order valence-corrected chi connectivity index (χ3v) is 3.87. The monoisotopic (exact) mass is 422 g/mol. The molecule has 2 aromatic rings. The van der Waals surface area contributed by atoms with Crippen molar-refractivity contribution in [3.8, 4) is 0 Å². The van der Waals surface area contributed by atoms with E-state index < -0.39 is 54.8 Å². The molecule has 0 amide bonds. The molecule has 0 heterocycles. The van der Waals surface area contributed by atoms with Gasteiger partial charge in [-0.3, -0.25) is 30.3 Å². The fourth-order valence-corrected chi connectivity index (χ4v) is 2.67. The molecule has 0 aromatic heterocycles. The molecule has 0 radical (unpaired) electrons. The minimum absolute atomic E-state index is 0.0947. The number of hydrazine groups is 2. The number of nitrogens with two attached hydrogens (primary N) is 1. The molecule has 2 rings (SSSR count). The molecule has 0 fully saturated rings. The smallest absolute Gasteiger partial charge is 0.258 e. The largest absolute Gasteiger partial charge is 0.368 e. The van der Waals surface area contributed by atoms with Crippen molar-refractivity contribution in [2.24, 2.45) is 5.84 Å². The number of nitro groups is 4. The summed E-state index contributed by atoms with van der Waals surface area (Å²) in [6.45, 7) is 0.545. The van der Waals surface area contributed by atoms with Crippen LogP contribution in [0.1, 0.15) is 11.1 Å². The zero-order chi connectivity index (χ0) is 22.7. The average molecular weight is 422 g/mol. The van der Waals surface area contributed by atoms with Crippen LogP contribution in [0.4, 0.5) is 28.4 Å². The van der Waals surface area contributed by atoms with E-state index in [4.69, 9.17) is 5.84 Å². The van der Waals surface area contributed by atoms with Gasteiger partial charge in [0.25, 0.3) is 5.69 Å². The van der Waals surface area contributed by atoms with E-state index in [1.165, 1.54) is 6.92 Å². The molecule has 30 heavy (non-hydrogen) atoms. The first-order chi connectivity index (χ1) is 13.9. The molecule has 0 saturated heterocycles. The predicted molar refractivity (Wildman–Crippen MR) is 98.2 cm³/mol. The third kappa shape index (κ3) is 4.21. The van der Waals surface area contributed by atoms with Crippen LogP contribution in [0, 0.1) is 52.3 Å². The van der Waals surface area contributed by atoms with Crippen LogP contribution < -0.4 is 10.9 Å².